The number of amides is 2. The van der Waals surface area contributed by atoms with Crippen molar-refractivity contribution in [3.63, 3.8) is 0 Å². The van der Waals surface area contributed by atoms with Gasteiger partial charge in [-0.2, -0.15) is 0 Å². The Bertz CT molecular complexity index is 836. The van der Waals surface area contributed by atoms with E-state index in [1.807, 2.05) is 30.3 Å². The van der Waals surface area contributed by atoms with Crippen LogP contribution in [0, 0.1) is 0 Å². The minimum absolute atomic E-state index is 0.0951. The second-order valence-electron chi connectivity index (χ2n) is 6.59. The topological polar surface area (TPSA) is 79.5 Å². The fourth-order valence-electron chi connectivity index (χ4n) is 2.97. The third-order valence-electron chi connectivity index (χ3n) is 4.36. The molecule has 2 aromatic rings. The molecule has 0 spiro atoms. The Morgan fingerprint density at radius 2 is 1.93 bits per heavy atom. The molecular weight excluding hydrogens is 374 g/mol. The van der Waals surface area contributed by atoms with E-state index in [4.69, 9.17) is 17.0 Å². The zero-order valence-electron chi connectivity index (χ0n) is 15.4. The number of carbonyl (C=O) groups is 2. The number of hydrogen-bond donors (Lipinski definition) is 3. The molecule has 1 fully saturated rings. The van der Waals surface area contributed by atoms with Crippen molar-refractivity contribution in [2.75, 3.05) is 18.5 Å². The Morgan fingerprint density at radius 1 is 1.11 bits per heavy atom. The van der Waals surface area contributed by atoms with Gasteiger partial charge in [-0.15, -0.1) is 0 Å². The van der Waals surface area contributed by atoms with Crippen LogP contribution in [0.5, 0.6) is 0 Å². The Hall–Kier alpha value is -2.77. The Kier molecular flexibility index (Phi) is 7.11. The first-order valence-corrected chi connectivity index (χ1v) is 9.65. The van der Waals surface area contributed by atoms with Gasteiger partial charge in [-0.3, -0.25) is 9.59 Å². The van der Waals surface area contributed by atoms with Crippen molar-refractivity contribution in [3.8, 4) is 0 Å². The summed E-state index contributed by atoms with van der Waals surface area (Å²) >= 11 is 5.20. The van der Waals surface area contributed by atoms with Crippen LogP contribution in [-0.2, 0) is 16.0 Å². The molecule has 0 bridgehead atoms. The van der Waals surface area contributed by atoms with E-state index >= 15 is 0 Å². The number of carbonyl (C=O) groups excluding carboxylic acids is 2. The summed E-state index contributed by atoms with van der Waals surface area (Å²) in [4.78, 5) is 24.4. The number of benzene rings is 2. The summed E-state index contributed by atoms with van der Waals surface area (Å²) in [5, 5.41) is 8.68. The number of anilines is 1. The van der Waals surface area contributed by atoms with Gasteiger partial charge in [0.25, 0.3) is 5.91 Å². The van der Waals surface area contributed by atoms with Gasteiger partial charge in [-0.25, -0.2) is 0 Å². The normalized spacial score (nSPS) is 15.6. The van der Waals surface area contributed by atoms with Crippen molar-refractivity contribution in [3.05, 3.63) is 65.7 Å². The van der Waals surface area contributed by atoms with Gasteiger partial charge in [0.05, 0.1) is 12.5 Å². The molecule has 0 aliphatic carbocycles. The molecular formula is C21H23N3O3S. The van der Waals surface area contributed by atoms with Crippen molar-refractivity contribution in [1.82, 2.24) is 10.6 Å². The van der Waals surface area contributed by atoms with E-state index in [9.17, 15) is 9.59 Å². The first kappa shape index (κ1) is 20.0. The first-order chi connectivity index (χ1) is 13.6. The highest BCUT2D eigenvalue weighted by Crippen LogP contribution is 2.13. The molecule has 0 aromatic heterocycles. The van der Waals surface area contributed by atoms with E-state index in [0.717, 1.165) is 25.0 Å². The van der Waals surface area contributed by atoms with Gasteiger partial charge in [0.2, 0.25) is 5.91 Å². The molecule has 28 heavy (non-hydrogen) atoms. The van der Waals surface area contributed by atoms with Gasteiger partial charge in [0, 0.05) is 24.4 Å². The maximum Gasteiger partial charge on any atom is 0.251 e. The van der Waals surface area contributed by atoms with Gasteiger partial charge >= 0.3 is 0 Å². The van der Waals surface area contributed by atoms with Gasteiger partial charge in [0.15, 0.2) is 5.11 Å². The molecule has 3 rings (SSSR count). The number of hydrogen-bond acceptors (Lipinski definition) is 4. The van der Waals surface area contributed by atoms with Crippen LogP contribution in [0.25, 0.3) is 0 Å². The summed E-state index contributed by atoms with van der Waals surface area (Å²) in [6, 6.07) is 16.4. The van der Waals surface area contributed by atoms with Crippen LogP contribution >= 0.6 is 12.2 Å². The van der Waals surface area contributed by atoms with Crippen molar-refractivity contribution >= 4 is 34.8 Å². The van der Waals surface area contributed by atoms with E-state index in [0.29, 0.717) is 17.8 Å². The van der Waals surface area contributed by atoms with E-state index in [2.05, 4.69) is 16.0 Å². The third kappa shape index (κ3) is 6.14. The van der Waals surface area contributed by atoms with Crippen LogP contribution in [0.2, 0.25) is 0 Å². The molecule has 1 unspecified atom stereocenters. The minimum atomic E-state index is -0.200. The zero-order chi connectivity index (χ0) is 19.8. The number of thiocarbonyl (C=S) groups is 1. The molecule has 6 nitrogen and oxygen atoms in total. The Labute approximate surface area is 169 Å². The van der Waals surface area contributed by atoms with Crippen molar-refractivity contribution in [2.24, 2.45) is 0 Å². The highest BCUT2D eigenvalue weighted by Gasteiger charge is 2.17. The van der Waals surface area contributed by atoms with Gasteiger partial charge in [0.1, 0.15) is 0 Å². The Balaban J connectivity index is 1.49. The number of rotatable bonds is 6. The molecule has 1 aliphatic heterocycles. The van der Waals surface area contributed by atoms with E-state index < -0.39 is 0 Å². The highest BCUT2D eigenvalue weighted by molar-refractivity contribution is 7.80. The molecule has 2 aromatic carbocycles. The predicted octanol–water partition coefficient (Wildman–Crippen LogP) is 2.65. The van der Waals surface area contributed by atoms with Crippen LogP contribution in [0.1, 0.15) is 28.8 Å². The standard InChI is InChI=1S/C21H23N3O3S/c25-19(12-15-6-2-1-3-7-15)24-21(28)23-17-9-4-8-16(13-17)20(26)22-14-18-10-5-11-27-18/h1-4,6-9,13,18H,5,10-12,14H2,(H,22,26)(H2,23,24,25,28). The lowest BCUT2D eigenvalue weighted by Crippen LogP contribution is -2.35. The molecule has 0 radical (unpaired) electrons. The molecule has 1 atom stereocenters. The summed E-state index contributed by atoms with van der Waals surface area (Å²) in [5.74, 6) is -0.368. The maximum absolute atomic E-state index is 12.3. The predicted molar refractivity (Wildman–Crippen MR) is 112 cm³/mol. The second kappa shape index (κ2) is 9.96. The number of nitrogens with one attached hydrogen (secondary N) is 3. The van der Waals surface area contributed by atoms with Crippen LogP contribution in [0.15, 0.2) is 54.6 Å². The summed E-state index contributed by atoms with van der Waals surface area (Å²) in [6.45, 7) is 1.26. The van der Waals surface area contributed by atoms with E-state index in [1.165, 1.54) is 0 Å². The molecule has 1 aliphatic rings. The van der Waals surface area contributed by atoms with Crippen molar-refractivity contribution in [1.29, 1.82) is 0 Å². The summed E-state index contributed by atoms with van der Waals surface area (Å²) < 4.78 is 5.51. The van der Waals surface area contributed by atoms with Crippen LogP contribution in [0.4, 0.5) is 5.69 Å². The SMILES string of the molecule is O=C(Cc1ccccc1)NC(=S)Nc1cccc(C(=O)NCC2CCCO2)c1. The molecule has 146 valence electrons. The van der Waals surface area contributed by atoms with Gasteiger partial charge in [-0.1, -0.05) is 36.4 Å². The molecule has 2 amide bonds. The molecule has 7 heteroatoms. The summed E-state index contributed by atoms with van der Waals surface area (Å²) in [6.07, 6.45) is 2.35. The smallest absolute Gasteiger partial charge is 0.251 e. The van der Waals surface area contributed by atoms with Gasteiger partial charge in [-0.05, 0) is 48.8 Å². The maximum atomic E-state index is 12.3. The second-order valence-corrected chi connectivity index (χ2v) is 7.00. The lowest BCUT2D eigenvalue weighted by atomic mass is 10.1. The van der Waals surface area contributed by atoms with Gasteiger partial charge < -0.3 is 20.7 Å². The third-order valence-corrected chi connectivity index (χ3v) is 4.56. The fourth-order valence-corrected chi connectivity index (χ4v) is 3.20. The monoisotopic (exact) mass is 397 g/mol. The largest absolute Gasteiger partial charge is 0.376 e. The van der Waals surface area contributed by atoms with Crippen LogP contribution in [0.3, 0.4) is 0 Å². The lowest BCUT2D eigenvalue weighted by molar-refractivity contribution is -0.119. The molecule has 0 saturated carbocycles. The summed E-state index contributed by atoms with van der Waals surface area (Å²) in [5.41, 5.74) is 2.06. The molecule has 3 N–H and O–H groups in total. The Morgan fingerprint density at radius 3 is 2.68 bits per heavy atom. The van der Waals surface area contributed by atoms with Crippen molar-refractivity contribution < 1.29 is 14.3 Å². The molecule has 1 heterocycles. The zero-order valence-corrected chi connectivity index (χ0v) is 16.3. The highest BCUT2D eigenvalue weighted by atomic mass is 32.1. The van der Waals surface area contributed by atoms with Crippen LogP contribution < -0.4 is 16.0 Å². The average Bonchev–Trinajstić information content (AvgIpc) is 3.20. The lowest BCUT2D eigenvalue weighted by Gasteiger charge is -2.12. The van der Waals surface area contributed by atoms with Crippen molar-refractivity contribution in [2.45, 2.75) is 25.4 Å². The first-order valence-electron chi connectivity index (χ1n) is 9.25. The molecule has 1 saturated heterocycles. The fraction of sp³-hybridized carbons (Fsp3) is 0.286. The number of ether oxygens (including phenoxy) is 1. The average molecular weight is 398 g/mol. The van der Waals surface area contributed by atoms with E-state index in [1.54, 1.807) is 24.3 Å². The quantitative estimate of drug-likeness (QED) is 0.653. The minimum Gasteiger partial charge on any atom is -0.376 e. The van der Waals surface area contributed by atoms with Crippen LogP contribution in [-0.4, -0.2) is 36.2 Å². The van der Waals surface area contributed by atoms with E-state index in [-0.39, 0.29) is 29.5 Å². The summed E-state index contributed by atoms with van der Waals surface area (Å²) in [7, 11) is 0.